The second-order valence-corrected chi connectivity index (χ2v) is 11.2. The molecule has 1 aliphatic rings. The number of nitrogens with two attached hydrogens (primary N) is 1. The van der Waals surface area contributed by atoms with Crippen LogP contribution in [0.2, 0.25) is 0 Å². The Balaban J connectivity index is 1.41. The molecule has 1 saturated carbocycles. The van der Waals surface area contributed by atoms with Crippen molar-refractivity contribution in [2.24, 2.45) is 5.73 Å². The zero-order valence-corrected chi connectivity index (χ0v) is 23.2. The van der Waals surface area contributed by atoms with E-state index in [1.165, 1.54) is 0 Å². The maximum Gasteiger partial charge on any atom is 0.317 e. The number of carbonyl (C=O) groups excluding carboxylic acids is 2. The standard InChI is InChI=1S/C31H37N3O5/c1-20-14-17-34(19-22-8-12-24(38-5)13-9-22)28(36)26(20)33-27(35)25(32)18-21-6-10-23(11-7-21)31(15-16-31)29(37)39-30(2,3)4/h6-14,17,25H,15-16,18-19,32H2,1-5H3,(H,33,35). The van der Waals surface area contributed by atoms with Crippen molar-refractivity contribution in [2.45, 2.75) is 70.6 Å². The molecule has 3 N–H and O–H groups in total. The molecule has 1 atom stereocenters. The van der Waals surface area contributed by atoms with Gasteiger partial charge in [0.05, 0.1) is 25.1 Å². The summed E-state index contributed by atoms with van der Waals surface area (Å²) in [6.45, 7) is 7.73. The monoisotopic (exact) mass is 531 g/mol. The van der Waals surface area contributed by atoms with Gasteiger partial charge in [-0.3, -0.25) is 14.4 Å². The van der Waals surface area contributed by atoms with E-state index < -0.39 is 23.0 Å². The van der Waals surface area contributed by atoms with Crippen molar-refractivity contribution >= 4 is 17.6 Å². The van der Waals surface area contributed by atoms with Crippen molar-refractivity contribution in [1.29, 1.82) is 0 Å². The minimum Gasteiger partial charge on any atom is -0.497 e. The van der Waals surface area contributed by atoms with Gasteiger partial charge in [-0.2, -0.15) is 0 Å². The van der Waals surface area contributed by atoms with Crippen LogP contribution in [-0.4, -0.2) is 35.2 Å². The maximum absolute atomic E-state index is 13.2. The molecule has 1 aromatic heterocycles. The number of anilines is 1. The number of benzene rings is 2. The highest BCUT2D eigenvalue weighted by molar-refractivity contribution is 5.95. The first-order valence-corrected chi connectivity index (χ1v) is 13.1. The van der Waals surface area contributed by atoms with Crippen LogP contribution in [-0.2, 0) is 32.7 Å². The molecule has 1 fully saturated rings. The second kappa shape index (κ2) is 11.1. The van der Waals surface area contributed by atoms with Gasteiger partial charge in [-0.1, -0.05) is 36.4 Å². The average Bonchev–Trinajstić information content (AvgIpc) is 3.70. The lowest BCUT2D eigenvalue weighted by Crippen LogP contribution is -2.39. The van der Waals surface area contributed by atoms with Crippen molar-refractivity contribution in [3.63, 3.8) is 0 Å². The molecule has 206 valence electrons. The number of rotatable bonds is 9. The Morgan fingerprint density at radius 3 is 2.21 bits per heavy atom. The Kier molecular flexibility index (Phi) is 7.97. The Hall–Kier alpha value is -3.91. The van der Waals surface area contributed by atoms with Gasteiger partial charge in [0.1, 0.15) is 17.0 Å². The first kappa shape index (κ1) is 28.1. The first-order valence-electron chi connectivity index (χ1n) is 13.1. The minimum atomic E-state index is -0.856. The van der Waals surface area contributed by atoms with E-state index in [1.54, 1.807) is 30.9 Å². The van der Waals surface area contributed by atoms with Crippen molar-refractivity contribution < 1.29 is 19.1 Å². The molecule has 1 unspecified atom stereocenters. The van der Waals surface area contributed by atoms with Crippen molar-refractivity contribution in [3.05, 3.63) is 93.4 Å². The molecule has 0 aliphatic heterocycles. The third-order valence-electron chi connectivity index (χ3n) is 6.97. The number of ether oxygens (including phenoxy) is 2. The number of hydrogen-bond donors (Lipinski definition) is 2. The van der Waals surface area contributed by atoms with Gasteiger partial charge in [0.15, 0.2) is 0 Å². The summed E-state index contributed by atoms with van der Waals surface area (Å²) in [4.78, 5) is 38.9. The Labute approximate surface area is 229 Å². The van der Waals surface area contributed by atoms with E-state index in [-0.39, 0.29) is 23.6 Å². The van der Waals surface area contributed by atoms with Gasteiger partial charge in [-0.05, 0) is 87.4 Å². The zero-order chi connectivity index (χ0) is 28.4. The Bertz CT molecular complexity index is 1400. The molecule has 0 radical (unpaired) electrons. The van der Waals surface area contributed by atoms with Gasteiger partial charge in [-0.15, -0.1) is 0 Å². The van der Waals surface area contributed by atoms with E-state index in [2.05, 4.69) is 5.32 Å². The van der Waals surface area contributed by atoms with Gasteiger partial charge in [0, 0.05) is 6.20 Å². The number of nitrogens with one attached hydrogen (secondary N) is 1. The van der Waals surface area contributed by atoms with Crippen LogP contribution in [0, 0.1) is 6.92 Å². The summed E-state index contributed by atoms with van der Waals surface area (Å²) in [5.41, 5.74) is 8.40. The smallest absolute Gasteiger partial charge is 0.317 e. The molecule has 39 heavy (non-hydrogen) atoms. The van der Waals surface area contributed by atoms with Crippen molar-refractivity contribution in [1.82, 2.24) is 4.57 Å². The number of nitrogens with zero attached hydrogens (tertiary/aromatic N) is 1. The second-order valence-electron chi connectivity index (χ2n) is 11.2. The highest BCUT2D eigenvalue weighted by Gasteiger charge is 2.53. The molecule has 3 aromatic rings. The zero-order valence-electron chi connectivity index (χ0n) is 23.2. The summed E-state index contributed by atoms with van der Waals surface area (Å²) in [6, 6.07) is 16.0. The predicted octanol–water partition coefficient (Wildman–Crippen LogP) is 4.10. The minimum absolute atomic E-state index is 0.199. The van der Waals surface area contributed by atoms with Crippen LogP contribution in [0.15, 0.2) is 65.6 Å². The number of methoxy groups -OCH3 is 1. The topological polar surface area (TPSA) is 113 Å². The van der Waals surface area contributed by atoms with Crippen LogP contribution in [0.25, 0.3) is 0 Å². The van der Waals surface area contributed by atoms with Gasteiger partial charge >= 0.3 is 5.97 Å². The maximum atomic E-state index is 13.2. The summed E-state index contributed by atoms with van der Waals surface area (Å²) >= 11 is 0. The van der Waals surface area contributed by atoms with Crippen LogP contribution in [0.5, 0.6) is 5.75 Å². The van der Waals surface area contributed by atoms with Gasteiger partial charge in [0.2, 0.25) is 5.91 Å². The van der Waals surface area contributed by atoms with E-state index in [0.717, 1.165) is 35.3 Å². The van der Waals surface area contributed by atoms with Crippen molar-refractivity contribution in [2.75, 3.05) is 12.4 Å². The third kappa shape index (κ3) is 6.57. The largest absolute Gasteiger partial charge is 0.497 e. The Morgan fingerprint density at radius 1 is 1.03 bits per heavy atom. The number of aryl methyl sites for hydroxylation is 1. The fourth-order valence-electron chi connectivity index (χ4n) is 4.50. The van der Waals surface area contributed by atoms with E-state index in [4.69, 9.17) is 15.2 Å². The number of amides is 1. The lowest BCUT2D eigenvalue weighted by Gasteiger charge is -2.24. The fourth-order valence-corrected chi connectivity index (χ4v) is 4.50. The Morgan fingerprint density at radius 2 is 1.64 bits per heavy atom. The van der Waals surface area contributed by atoms with Crippen LogP contribution in [0.3, 0.4) is 0 Å². The van der Waals surface area contributed by atoms with E-state index >= 15 is 0 Å². The molecule has 8 heteroatoms. The quantitative estimate of drug-likeness (QED) is 0.402. The molecule has 1 aliphatic carbocycles. The lowest BCUT2D eigenvalue weighted by molar-refractivity contribution is -0.158. The van der Waals surface area contributed by atoms with E-state index in [9.17, 15) is 14.4 Å². The number of aromatic nitrogens is 1. The average molecular weight is 532 g/mol. The molecule has 0 bridgehead atoms. The summed E-state index contributed by atoms with van der Waals surface area (Å²) in [5, 5.41) is 2.75. The number of pyridine rings is 1. The van der Waals surface area contributed by atoms with Crippen LogP contribution in [0.1, 0.15) is 55.9 Å². The molecular formula is C31H37N3O5. The van der Waals surface area contributed by atoms with Crippen LogP contribution in [0.4, 0.5) is 5.69 Å². The predicted molar refractivity (Wildman–Crippen MR) is 151 cm³/mol. The van der Waals surface area contributed by atoms with Crippen LogP contribution < -0.4 is 21.3 Å². The molecule has 4 rings (SSSR count). The van der Waals surface area contributed by atoms with E-state index in [1.807, 2.05) is 69.3 Å². The summed E-state index contributed by atoms with van der Waals surface area (Å²) in [5.74, 6) is 0.102. The SMILES string of the molecule is COc1ccc(Cn2ccc(C)c(NC(=O)C(N)Cc3ccc(C4(C(=O)OC(C)(C)C)CC4)cc3)c2=O)cc1. The van der Waals surface area contributed by atoms with Crippen LogP contribution >= 0.6 is 0 Å². The molecule has 1 amide bonds. The highest BCUT2D eigenvalue weighted by atomic mass is 16.6. The van der Waals surface area contributed by atoms with Gasteiger partial charge in [-0.25, -0.2) is 0 Å². The van der Waals surface area contributed by atoms with Gasteiger partial charge < -0.3 is 25.1 Å². The summed E-state index contributed by atoms with van der Waals surface area (Å²) in [7, 11) is 1.60. The summed E-state index contributed by atoms with van der Waals surface area (Å²) < 4.78 is 12.4. The normalized spacial score (nSPS) is 14.8. The molecule has 2 aromatic carbocycles. The summed E-state index contributed by atoms with van der Waals surface area (Å²) in [6.07, 6.45) is 3.52. The molecule has 0 saturated heterocycles. The van der Waals surface area contributed by atoms with Crippen molar-refractivity contribution in [3.8, 4) is 5.75 Å². The van der Waals surface area contributed by atoms with Gasteiger partial charge in [0.25, 0.3) is 5.56 Å². The lowest BCUT2D eigenvalue weighted by atomic mass is 9.93. The molecule has 1 heterocycles. The molecule has 0 spiro atoms. The number of esters is 1. The molecular weight excluding hydrogens is 494 g/mol. The van der Waals surface area contributed by atoms with E-state index in [0.29, 0.717) is 12.1 Å². The highest BCUT2D eigenvalue weighted by Crippen LogP contribution is 2.49. The fraction of sp³-hybridized carbons (Fsp3) is 0.387. The third-order valence-corrected chi connectivity index (χ3v) is 6.97. The molecule has 8 nitrogen and oxygen atoms in total. The number of hydrogen-bond acceptors (Lipinski definition) is 6. The first-order chi connectivity index (χ1) is 18.4. The number of carbonyl (C=O) groups is 2.